The smallest absolute Gasteiger partial charge is 0.269 e. The lowest BCUT2D eigenvalue weighted by atomic mass is 10.1. The number of hydrogen-bond acceptors (Lipinski definition) is 6. The number of halogens is 1. The molecule has 1 aliphatic rings. The standard InChI is InChI=1S/C21H16BrN3O5S/c1-2-9-24-20(27)16(19(26)23-21(24)31)10-14-5-8-18(17(22)11-14)30-12-13-3-6-15(7-4-13)25(28)29/h2-8,10-11H,1,9,12H2,(H,23,26,31)/b16-10+. The zero-order chi connectivity index (χ0) is 22.5. The van der Waals surface area contributed by atoms with Crippen molar-refractivity contribution in [2.24, 2.45) is 0 Å². The largest absolute Gasteiger partial charge is 0.488 e. The molecule has 158 valence electrons. The van der Waals surface area contributed by atoms with Crippen LogP contribution in [0.5, 0.6) is 5.75 Å². The second-order valence-corrected chi connectivity index (χ2v) is 7.66. The molecule has 0 bridgehead atoms. The molecule has 0 saturated carbocycles. The molecule has 10 heteroatoms. The first-order valence-electron chi connectivity index (χ1n) is 8.95. The van der Waals surface area contributed by atoms with Crippen molar-refractivity contribution in [1.29, 1.82) is 0 Å². The van der Waals surface area contributed by atoms with Crippen LogP contribution in [0.2, 0.25) is 0 Å². The van der Waals surface area contributed by atoms with Crippen LogP contribution in [0.3, 0.4) is 0 Å². The van der Waals surface area contributed by atoms with Gasteiger partial charge in [0.2, 0.25) is 0 Å². The molecular formula is C21H16BrN3O5S. The molecule has 2 aromatic carbocycles. The second kappa shape index (κ2) is 9.63. The van der Waals surface area contributed by atoms with Crippen molar-refractivity contribution >= 4 is 56.8 Å². The fourth-order valence-corrected chi connectivity index (χ4v) is 3.52. The van der Waals surface area contributed by atoms with E-state index in [0.29, 0.717) is 15.8 Å². The minimum Gasteiger partial charge on any atom is -0.488 e. The summed E-state index contributed by atoms with van der Waals surface area (Å²) in [6.07, 6.45) is 2.99. The van der Waals surface area contributed by atoms with E-state index in [-0.39, 0.29) is 29.5 Å². The fraction of sp³-hybridized carbons (Fsp3) is 0.0952. The van der Waals surface area contributed by atoms with Crippen LogP contribution in [0.25, 0.3) is 6.08 Å². The molecule has 31 heavy (non-hydrogen) atoms. The van der Waals surface area contributed by atoms with Gasteiger partial charge in [-0.05, 0) is 69.6 Å². The van der Waals surface area contributed by atoms with E-state index in [2.05, 4.69) is 27.8 Å². The summed E-state index contributed by atoms with van der Waals surface area (Å²) in [4.78, 5) is 36.3. The summed E-state index contributed by atoms with van der Waals surface area (Å²) < 4.78 is 6.37. The van der Waals surface area contributed by atoms with Gasteiger partial charge in [0.1, 0.15) is 17.9 Å². The Balaban J connectivity index is 1.74. The average Bonchev–Trinajstić information content (AvgIpc) is 2.74. The molecule has 8 nitrogen and oxygen atoms in total. The predicted molar refractivity (Wildman–Crippen MR) is 122 cm³/mol. The molecule has 1 saturated heterocycles. The van der Waals surface area contributed by atoms with Gasteiger partial charge in [-0.1, -0.05) is 12.1 Å². The molecule has 0 radical (unpaired) electrons. The summed E-state index contributed by atoms with van der Waals surface area (Å²) in [6.45, 7) is 3.99. The molecule has 0 spiro atoms. The van der Waals surface area contributed by atoms with Gasteiger partial charge in [0.25, 0.3) is 17.5 Å². The molecule has 0 atom stereocenters. The minimum absolute atomic E-state index is 0.0102. The van der Waals surface area contributed by atoms with Crippen molar-refractivity contribution in [2.45, 2.75) is 6.61 Å². The van der Waals surface area contributed by atoms with Gasteiger partial charge in [-0.2, -0.15) is 0 Å². The lowest BCUT2D eigenvalue weighted by Crippen LogP contribution is -2.53. The third kappa shape index (κ3) is 5.22. The van der Waals surface area contributed by atoms with E-state index in [1.165, 1.54) is 29.2 Å². The number of non-ortho nitro benzene ring substituents is 1. The van der Waals surface area contributed by atoms with Crippen LogP contribution in [0, 0.1) is 10.1 Å². The number of nitro benzene ring substituents is 1. The zero-order valence-corrected chi connectivity index (χ0v) is 18.4. The number of benzene rings is 2. The number of nitro groups is 1. The Labute approximate surface area is 191 Å². The van der Waals surface area contributed by atoms with Gasteiger partial charge in [0, 0.05) is 18.7 Å². The highest BCUT2D eigenvalue weighted by Gasteiger charge is 2.32. The van der Waals surface area contributed by atoms with E-state index in [9.17, 15) is 19.7 Å². The van der Waals surface area contributed by atoms with Crippen molar-refractivity contribution in [3.63, 3.8) is 0 Å². The molecule has 1 fully saturated rings. The fourth-order valence-electron chi connectivity index (χ4n) is 2.75. The minimum atomic E-state index is -0.565. The van der Waals surface area contributed by atoms with E-state index >= 15 is 0 Å². The Morgan fingerprint density at radius 2 is 1.94 bits per heavy atom. The lowest BCUT2D eigenvalue weighted by molar-refractivity contribution is -0.384. The number of amides is 2. The van der Waals surface area contributed by atoms with Gasteiger partial charge >= 0.3 is 0 Å². The Bertz CT molecular complexity index is 1110. The summed E-state index contributed by atoms with van der Waals surface area (Å²) in [5.74, 6) is -0.525. The summed E-state index contributed by atoms with van der Waals surface area (Å²) in [5, 5.41) is 13.3. The van der Waals surface area contributed by atoms with Crippen LogP contribution in [-0.4, -0.2) is 33.3 Å². The number of nitrogens with zero attached hydrogens (tertiary/aromatic N) is 2. The topological polar surface area (TPSA) is 102 Å². The number of thiocarbonyl (C=S) groups is 1. The average molecular weight is 502 g/mol. The van der Waals surface area contributed by atoms with Gasteiger partial charge in [-0.15, -0.1) is 6.58 Å². The normalized spacial score (nSPS) is 15.1. The highest BCUT2D eigenvalue weighted by atomic mass is 79.9. The van der Waals surface area contributed by atoms with Gasteiger partial charge in [0.05, 0.1) is 9.40 Å². The molecular weight excluding hydrogens is 486 g/mol. The molecule has 2 aromatic rings. The first-order chi connectivity index (χ1) is 14.8. The van der Waals surface area contributed by atoms with Gasteiger partial charge in [0.15, 0.2) is 5.11 Å². The maximum atomic E-state index is 12.6. The monoisotopic (exact) mass is 501 g/mol. The molecule has 3 rings (SSSR count). The summed E-state index contributed by atoms with van der Waals surface area (Å²) in [7, 11) is 0. The number of hydrogen-bond donors (Lipinski definition) is 1. The van der Waals surface area contributed by atoms with E-state index < -0.39 is 16.7 Å². The van der Waals surface area contributed by atoms with Crippen LogP contribution in [-0.2, 0) is 16.2 Å². The quantitative estimate of drug-likeness (QED) is 0.155. The zero-order valence-electron chi connectivity index (χ0n) is 16.0. The van der Waals surface area contributed by atoms with Crippen LogP contribution in [0.4, 0.5) is 5.69 Å². The first-order valence-corrected chi connectivity index (χ1v) is 10.2. The Morgan fingerprint density at radius 1 is 1.23 bits per heavy atom. The summed E-state index contributed by atoms with van der Waals surface area (Å²) >= 11 is 8.45. The molecule has 1 aliphatic heterocycles. The molecule has 1 N–H and O–H groups in total. The van der Waals surface area contributed by atoms with Crippen molar-refractivity contribution in [1.82, 2.24) is 10.2 Å². The van der Waals surface area contributed by atoms with Crippen LogP contribution in [0.1, 0.15) is 11.1 Å². The van der Waals surface area contributed by atoms with E-state index in [0.717, 1.165) is 5.56 Å². The third-order valence-electron chi connectivity index (χ3n) is 4.31. The molecule has 2 amide bonds. The molecule has 0 unspecified atom stereocenters. The maximum Gasteiger partial charge on any atom is 0.269 e. The lowest BCUT2D eigenvalue weighted by Gasteiger charge is -2.27. The van der Waals surface area contributed by atoms with E-state index in [1.54, 1.807) is 30.3 Å². The van der Waals surface area contributed by atoms with Crippen LogP contribution >= 0.6 is 28.1 Å². The predicted octanol–water partition coefficient (Wildman–Crippen LogP) is 3.75. The van der Waals surface area contributed by atoms with Crippen LogP contribution in [0.15, 0.2) is 65.2 Å². The Hall–Kier alpha value is -3.37. The van der Waals surface area contributed by atoms with Gasteiger partial charge in [-0.3, -0.25) is 29.9 Å². The van der Waals surface area contributed by atoms with E-state index in [4.69, 9.17) is 17.0 Å². The summed E-state index contributed by atoms with van der Waals surface area (Å²) in [6, 6.07) is 11.2. The van der Waals surface area contributed by atoms with Crippen molar-refractivity contribution in [3.8, 4) is 5.75 Å². The number of carbonyl (C=O) groups is 2. The van der Waals surface area contributed by atoms with Crippen molar-refractivity contribution in [2.75, 3.05) is 6.54 Å². The van der Waals surface area contributed by atoms with Gasteiger partial charge < -0.3 is 4.74 Å². The molecule has 0 aromatic heterocycles. The summed E-state index contributed by atoms with van der Waals surface area (Å²) in [5.41, 5.74) is 1.35. The van der Waals surface area contributed by atoms with E-state index in [1.807, 2.05) is 0 Å². The van der Waals surface area contributed by atoms with Crippen LogP contribution < -0.4 is 10.1 Å². The van der Waals surface area contributed by atoms with Crippen molar-refractivity contribution < 1.29 is 19.2 Å². The van der Waals surface area contributed by atoms with Crippen molar-refractivity contribution in [3.05, 3.63) is 86.4 Å². The maximum absolute atomic E-state index is 12.6. The number of ether oxygens (including phenoxy) is 1. The molecule has 0 aliphatic carbocycles. The number of carbonyl (C=O) groups excluding carboxylic acids is 2. The highest BCUT2D eigenvalue weighted by molar-refractivity contribution is 9.10. The Kier molecular flexibility index (Phi) is 6.93. The first kappa shape index (κ1) is 22.3. The highest BCUT2D eigenvalue weighted by Crippen LogP contribution is 2.28. The number of nitrogens with one attached hydrogen (secondary N) is 1. The third-order valence-corrected chi connectivity index (χ3v) is 5.25. The molecule has 1 heterocycles. The van der Waals surface area contributed by atoms with Gasteiger partial charge in [-0.25, -0.2) is 0 Å². The SMILES string of the molecule is C=CCN1C(=O)/C(=C/c2ccc(OCc3ccc([N+](=O)[O-])cc3)c(Br)c2)C(=O)NC1=S. The number of rotatable bonds is 7. The second-order valence-electron chi connectivity index (χ2n) is 6.42. The Morgan fingerprint density at radius 3 is 2.55 bits per heavy atom.